The van der Waals surface area contributed by atoms with Crippen LogP contribution < -0.4 is 14.8 Å². The lowest BCUT2D eigenvalue weighted by Gasteiger charge is -2.21. The largest absolute Gasteiger partial charge is 0.486 e. The third kappa shape index (κ3) is 3.19. The molecule has 3 rings (SSSR count). The molecule has 1 aliphatic rings. The van der Waals surface area contributed by atoms with E-state index >= 15 is 0 Å². The maximum absolute atomic E-state index is 6.13. The maximum Gasteiger partial charge on any atom is 0.162 e. The number of halogens is 1. The van der Waals surface area contributed by atoms with Crippen LogP contribution in [-0.2, 0) is 6.54 Å². The standard InChI is InChI=1S/C15H15ClN2O2S/c1-21-15-7-14-13(19-4-5-20-14)6-10(15)8-18-12-9-17-3-2-11(12)16/h2-3,6-7,9,18H,4-5,8H2,1H3. The Morgan fingerprint density at radius 2 is 2.05 bits per heavy atom. The van der Waals surface area contributed by atoms with Crippen LogP contribution in [0.15, 0.2) is 35.5 Å². The lowest BCUT2D eigenvalue weighted by molar-refractivity contribution is 0.171. The highest BCUT2D eigenvalue weighted by Gasteiger charge is 2.15. The molecule has 1 aliphatic heterocycles. The molecule has 0 spiro atoms. The molecule has 0 atom stereocenters. The minimum Gasteiger partial charge on any atom is -0.486 e. The van der Waals surface area contributed by atoms with E-state index in [0.29, 0.717) is 24.8 Å². The molecule has 1 aromatic heterocycles. The molecule has 110 valence electrons. The van der Waals surface area contributed by atoms with E-state index in [0.717, 1.165) is 27.6 Å². The van der Waals surface area contributed by atoms with Crippen LogP contribution in [0, 0.1) is 0 Å². The molecule has 2 heterocycles. The Balaban J connectivity index is 1.83. The lowest BCUT2D eigenvalue weighted by Crippen LogP contribution is -2.16. The summed E-state index contributed by atoms with van der Waals surface area (Å²) < 4.78 is 11.3. The van der Waals surface area contributed by atoms with Gasteiger partial charge in [-0.15, -0.1) is 11.8 Å². The minimum atomic E-state index is 0.590. The molecule has 2 aromatic rings. The van der Waals surface area contributed by atoms with Crippen LogP contribution in [0.3, 0.4) is 0 Å². The molecule has 21 heavy (non-hydrogen) atoms. The van der Waals surface area contributed by atoms with Gasteiger partial charge in [0.2, 0.25) is 0 Å². The highest BCUT2D eigenvalue weighted by molar-refractivity contribution is 7.98. The molecule has 0 unspecified atom stereocenters. The highest BCUT2D eigenvalue weighted by atomic mass is 35.5. The molecule has 0 amide bonds. The molecule has 0 fully saturated rings. The van der Waals surface area contributed by atoms with Crippen molar-refractivity contribution < 1.29 is 9.47 Å². The number of ether oxygens (including phenoxy) is 2. The number of hydrogen-bond donors (Lipinski definition) is 1. The van der Waals surface area contributed by atoms with E-state index in [2.05, 4.69) is 10.3 Å². The van der Waals surface area contributed by atoms with E-state index in [1.807, 2.05) is 18.4 Å². The second-order valence-corrected chi connectivity index (χ2v) is 5.77. The van der Waals surface area contributed by atoms with Crippen LogP contribution >= 0.6 is 23.4 Å². The van der Waals surface area contributed by atoms with Crippen molar-refractivity contribution in [2.75, 3.05) is 24.8 Å². The van der Waals surface area contributed by atoms with Crippen molar-refractivity contribution in [3.05, 3.63) is 41.2 Å². The summed E-state index contributed by atoms with van der Waals surface area (Å²) in [6.07, 6.45) is 5.44. The van der Waals surface area contributed by atoms with E-state index in [-0.39, 0.29) is 0 Å². The van der Waals surface area contributed by atoms with Gasteiger partial charge in [0, 0.05) is 17.6 Å². The summed E-state index contributed by atoms with van der Waals surface area (Å²) in [6, 6.07) is 5.82. The molecule has 0 aliphatic carbocycles. The van der Waals surface area contributed by atoms with Gasteiger partial charge in [-0.05, 0) is 30.0 Å². The fourth-order valence-corrected chi connectivity index (χ4v) is 2.93. The number of nitrogens with one attached hydrogen (secondary N) is 1. The number of thioether (sulfide) groups is 1. The van der Waals surface area contributed by atoms with Crippen LogP contribution in [0.5, 0.6) is 11.5 Å². The number of fused-ring (bicyclic) bond motifs is 1. The topological polar surface area (TPSA) is 43.4 Å². The molecular formula is C15H15ClN2O2S. The first-order valence-electron chi connectivity index (χ1n) is 6.58. The van der Waals surface area contributed by atoms with Gasteiger partial charge in [-0.3, -0.25) is 4.98 Å². The minimum absolute atomic E-state index is 0.590. The van der Waals surface area contributed by atoms with Crippen molar-refractivity contribution in [2.45, 2.75) is 11.4 Å². The number of nitrogens with zero attached hydrogens (tertiary/aromatic N) is 1. The van der Waals surface area contributed by atoms with Crippen molar-refractivity contribution in [1.29, 1.82) is 0 Å². The van der Waals surface area contributed by atoms with Crippen LogP contribution in [0.2, 0.25) is 5.02 Å². The van der Waals surface area contributed by atoms with Crippen LogP contribution in [0.25, 0.3) is 0 Å². The first-order valence-corrected chi connectivity index (χ1v) is 8.18. The Hall–Kier alpha value is -1.59. The molecule has 0 saturated carbocycles. The molecule has 0 saturated heterocycles. The van der Waals surface area contributed by atoms with Crippen molar-refractivity contribution in [2.24, 2.45) is 0 Å². The zero-order chi connectivity index (χ0) is 14.7. The Kier molecular flexibility index (Phi) is 4.41. The van der Waals surface area contributed by atoms with Gasteiger partial charge in [-0.25, -0.2) is 0 Å². The fraction of sp³-hybridized carbons (Fsp3) is 0.267. The number of hydrogen-bond acceptors (Lipinski definition) is 5. The highest BCUT2D eigenvalue weighted by Crippen LogP contribution is 2.37. The molecule has 0 radical (unpaired) electrons. The summed E-state index contributed by atoms with van der Waals surface area (Å²) in [5.74, 6) is 1.61. The van der Waals surface area contributed by atoms with E-state index in [1.54, 1.807) is 30.2 Å². The molecule has 4 nitrogen and oxygen atoms in total. The van der Waals surface area contributed by atoms with Crippen molar-refractivity contribution in [3.8, 4) is 11.5 Å². The van der Waals surface area contributed by atoms with Crippen LogP contribution in [0.4, 0.5) is 5.69 Å². The van der Waals surface area contributed by atoms with Gasteiger partial charge in [0.25, 0.3) is 0 Å². The molecule has 0 bridgehead atoms. The first-order chi connectivity index (χ1) is 10.3. The summed E-state index contributed by atoms with van der Waals surface area (Å²) in [7, 11) is 0. The Morgan fingerprint density at radius 3 is 2.76 bits per heavy atom. The van der Waals surface area contributed by atoms with Gasteiger partial charge < -0.3 is 14.8 Å². The zero-order valence-electron chi connectivity index (χ0n) is 11.6. The van der Waals surface area contributed by atoms with Gasteiger partial charge in [0.15, 0.2) is 11.5 Å². The number of pyridine rings is 1. The van der Waals surface area contributed by atoms with Crippen molar-refractivity contribution in [3.63, 3.8) is 0 Å². The van der Waals surface area contributed by atoms with E-state index < -0.39 is 0 Å². The van der Waals surface area contributed by atoms with E-state index in [9.17, 15) is 0 Å². The smallest absolute Gasteiger partial charge is 0.162 e. The molecule has 6 heteroatoms. The Morgan fingerprint density at radius 1 is 1.29 bits per heavy atom. The lowest BCUT2D eigenvalue weighted by atomic mass is 10.2. The molecular weight excluding hydrogens is 308 g/mol. The summed E-state index contributed by atoms with van der Waals surface area (Å²) in [5, 5.41) is 3.97. The summed E-state index contributed by atoms with van der Waals surface area (Å²) >= 11 is 7.81. The molecule has 1 aromatic carbocycles. The average Bonchev–Trinajstić information content (AvgIpc) is 2.53. The summed E-state index contributed by atoms with van der Waals surface area (Å²) in [6.45, 7) is 1.84. The van der Waals surface area contributed by atoms with E-state index in [4.69, 9.17) is 21.1 Å². The third-order valence-corrected chi connectivity index (χ3v) is 4.33. The third-order valence-electron chi connectivity index (χ3n) is 3.18. The maximum atomic E-state index is 6.13. The van der Waals surface area contributed by atoms with E-state index in [1.165, 1.54) is 0 Å². The number of rotatable bonds is 4. The summed E-state index contributed by atoms with van der Waals surface area (Å²) in [5.41, 5.74) is 1.97. The fourth-order valence-electron chi connectivity index (χ4n) is 2.14. The van der Waals surface area contributed by atoms with Crippen LogP contribution in [-0.4, -0.2) is 24.5 Å². The monoisotopic (exact) mass is 322 g/mol. The SMILES string of the molecule is CSc1cc2c(cc1CNc1cnccc1Cl)OCCO2. The second-order valence-electron chi connectivity index (χ2n) is 4.52. The Bertz CT molecular complexity index is 652. The first kappa shape index (κ1) is 14.4. The average molecular weight is 323 g/mol. The normalized spacial score (nSPS) is 13.0. The van der Waals surface area contributed by atoms with Crippen molar-refractivity contribution >= 4 is 29.1 Å². The van der Waals surface area contributed by atoms with Gasteiger partial charge in [-0.2, -0.15) is 0 Å². The zero-order valence-corrected chi connectivity index (χ0v) is 13.1. The van der Waals surface area contributed by atoms with Gasteiger partial charge in [-0.1, -0.05) is 11.6 Å². The second kappa shape index (κ2) is 6.45. The number of anilines is 1. The quantitative estimate of drug-likeness (QED) is 0.866. The summed E-state index contributed by atoms with van der Waals surface area (Å²) in [4.78, 5) is 5.23. The van der Waals surface area contributed by atoms with Crippen molar-refractivity contribution in [1.82, 2.24) is 4.98 Å². The number of benzene rings is 1. The predicted octanol–water partition coefficient (Wildman–Crippen LogP) is 3.84. The molecule has 1 N–H and O–H groups in total. The number of aromatic nitrogens is 1. The van der Waals surface area contributed by atoms with Gasteiger partial charge in [0.05, 0.1) is 16.9 Å². The predicted molar refractivity (Wildman–Crippen MR) is 85.8 cm³/mol. The van der Waals surface area contributed by atoms with Crippen LogP contribution in [0.1, 0.15) is 5.56 Å². The Labute approximate surface area is 132 Å². The van der Waals surface area contributed by atoms with Gasteiger partial charge in [0.1, 0.15) is 13.2 Å². The van der Waals surface area contributed by atoms with Gasteiger partial charge >= 0.3 is 0 Å².